The van der Waals surface area contributed by atoms with Gasteiger partial charge in [0.05, 0.1) is 0 Å². The summed E-state index contributed by atoms with van der Waals surface area (Å²) >= 11 is -1.86. The molecule has 0 amide bonds. The predicted octanol–water partition coefficient (Wildman–Crippen LogP) is 3.34. The molecule has 0 fully saturated rings. The minimum Gasteiger partial charge on any atom is -0.591 e. The molecule has 0 unspecified atom stereocenters. The highest BCUT2D eigenvalue weighted by atomic mass is 32.2. The molecule has 0 saturated carbocycles. The van der Waals surface area contributed by atoms with Crippen LogP contribution in [0.3, 0.4) is 0 Å². The molecule has 1 aromatic carbocycles. The molecule has 100 valence electrons. The van der Waals surface area contributed by atoms with Gasteiger partial charge in [-0.3, -0.25) is 0 Å². The van der Waals surface area contributed by atoms with E-state index in [4.69, 9.17) is 0 Å². The third kappa shape index (κ3) is 3.74. The molecular formula is C12H14F3NOS. The molecule has 0 bridgehead atoms. The Morgan fingerprint density at radius 3 is 2.28 bits per heavy atom. The molecule has 0 heterocycles. The van der Waals surface area contributed by atoms with Crippen molar-refractivity contribution in [3.05, 3.63) is 35.6 Å². The number of rotatable bonds is 3. The van der Waals surface area contributed by atoms with E-state index in [9.17, 15) is 17.7 Å². The Kier molecular flexibility index (Phi) is 4.81. The summed E-state index contributed by atoms with van der Waals surface area (Å²) in [6.07, 6.45) is -2.98. The maximum absolute atomic E-state index is 13.4. The first kappa shape index (κ1) is 15.0. The van der Waals surface area contributed by atoms with E-state index in [0.29, 0.717) is 0 Å². The van der Waals surface area contributed by atoms with Gasteiger partial charge in [0.15, 0.2) is 5.71 Å². The fraction of sp³-hybridized carbons (Fsp3) is 0.417. The molecule has 6 heteroatoms. The molecule has 2 nitrogen and oxygen atoms in total. The smallest absolute Gasteiger partial charge is 0.285 e. The van der Waals surface area contributed by atoms with Gasteiger partial charge >= 0.3 is 0 Å². The number of halogens is 3. The summed E-state index contributed by atoms with van der Waals surface area (Å²) in [7, 11) is 0. The van der Waals surface area contributed by atoms with Crippen molar-refractivity contribution < 1.29 is 17.7 Å². The van der Waals surface area contributed by atoms with Crippen molar-refractivity contribution >= 4 is 17.1 Å². The summed E-state index contributed by atoms with van der Waals surface area (Å²) in [6, 6.07) is 5.08. The van der Waals surface area contributed by atoms with Crippen LogP contribution in [-0.4, -0.2) is 21.4 Å². The zero-order valence-electron chi connectivity index (χ0n) is 10.3. The Balaban J connectivity index is 3.20. The Labute approximate surface area is 107 Å². The SMILES string of the molecule is CC(C)(C)[S@+]([O-])N=C(c1ccccc1F)C(F)F. The summed E-state index contributed by atoms with van der Waals surface area (Å²) in [5, 5.41) is 0. The van der Waals surface area contributed by atoms with E-state index in [2.05, 4.69) is 4.40 Å². The zero-order valence-corrected chi connectivity index (χ0v) is 11.1. The quantitative estimate of drug-likeness (QED) is 0.616. The van der Waals surface area contributed by atoms with Crippen LogP contribution in [0.1, 0.15) is 26.3 Å². The van der Waals surface area contributed by atoms with Crippen LogP contribution >= 0.6 is 0 Å². The largest absolute Gasteiger partial charge is 0.591 e. The molecule has 0 aliphatic rings. The zero-order chi connectivity index (χ0) is 13.9. The van der Waals surface area contributed by atoms with Crippen LogP contribution in [0, 0.1) is 5.82 Å². The Morgan fingerprint density at radius 1 is 1.28 bits per heavy atom. The lowest BCUT2D eigenvalue weighted by Crippen LogP contribution is -2.28. The molecule has 0 aliphatic carbocycles. The van der Waals surface area contributed by atoms with Gasteiger partial charge in [-0.1, -0.05) is 16.5 Å². The second-order valence-corrected chi connectivity index (χ2v) is 6.52. The van der Waals surface area contributed by atoms with E-state index < -0.39 is 34.1 Å². The van der Waals surface area contributed by atoms with Gasteiger partial charge in [0.1, 0.15) is 21.9 Å². The van der Waals surface area contributed by atoms with Crippen molar-refractivity contribution in [1.29, 1.82) is 0 Å². The Morgan fingerprint density at radius 2 is 1.83 bits per heavy atom. The van der Waals surface area contributed by atoms with Crippen molar-refractivity contribution in [2.75, 3.05) is 0 Å². The van der Waals surface area contributed by atoms with Crippen LogP contribution in [-0.2, 0) is 11.4 Å². The van der Waals surface area contributed by atoms with Crippen molar-refractivity contribution in [2.24, 2.45) is 4.40 Å². The van der Waals surface area contributed by atoms with E-state index in [-0.39, 0.29) is 5.56 Å². The number of alkyl halides is 2. The molecule has 1 rings (SSSR count). The normalized spacial score (nSPS) is 15.0. The summed E-state index contributed by atoms with van der Waals surface area (Å²) in [4.78, 5) is 0. The number of nitrogens with zero attached hydrogens (tertiary/aromatic N) is 1. The lowest BCUT2D eigenvalue weighted by atomic mass is 10.1. The first-order valence-electron chi connectivity index (χ1n) is 5.27. The third-order valence-electron chi connectivity index (χ3n) is 2.06. The van der Waals surface area contributed by atoms with Crippen LogP contribution in [0.15, 0.2) is 28.7 Å². The van der Waals surface area contributed by atoms with Crippen molar-refractivity contribution in [3.8, 4) is 0 Å². The summed E-state index contributed by atoms with van der Waals surface area (Å²) in [5.41, 5.74) is -1.09. The number of hydrogen-bond donors (Lipinski definition) is 0. The van der Waals surface area contributed by atoms with Crippen molar-refractivity contribution in [1.82, 2.24) is 0 Å². The first-order chi connectivity index (χ1) is 8.23. The minimum absolute atomic E-state index is 0.315. The highest BCUT2D eigenvalue weighted by molar-refractivity contribution is 7.91. The molecular weight excluding hydrogens is 263 g/mol. The fourth-order valence-electron chi connectivity index (χ4n) is 1.10. The summed E-state index contributed by atoms with van der Waals surface area (Å²) in [6.45, 7) is 4.82. The molecule has 0 saturated heterocycles. The van der Waals surface area contributed by atoms with Gasteiger partial charge in [0.25, 0.3) is 6.43 Å². The van der Waals surface area contributed by atoms with E-state index in [1.807, 2.05) is 0 Å². The van der Waals surface area contributed by atoms with Gasteiger partial charge in [-0.2, -0.15) is 0 Å². The van der Waals surface area contributed by atoms with E-state index in [0.717, 1.165) is 6.07 Å². The average molecular weight is 277 g/mol. The molecule has 0 spiro atoms. The molecule has 0 N–H and O–H groups in total. The van der Waals surface area contributed by atoms with Crippen LogP contribution < -0.4 is 0 Å². The topological polar surface area (TPSA) is 35.4 Å². The van der Waals surface area contributed by atoms with Gasteiger partial charge < -0.3 is 4.55 Å². The first-order valence-corrected chi connectivity index (χ1v) is 6.38. The third-order valence-corrected chi connectivity index (χ3v) is 3.47. The lowest BCUT2D eigenvalue weighted by molar-refractivity contribution is 0.226. The lowest BCUT2D eigenvalue weighted by Gasteiger charge is -2.19. The molecule has 0 radical (unpaired) electrons. The van der Waals surface area contributed by atoms with Crippen molar-refractivity contribution in [3.63, 3.8) is 0 Å². The van der Waals surface area contributed by atoms with Crippen LogP contribution in [0.25, 0.3) is 0 Å². The van der Waals surface area contributed by atoms with Gasteiger partial charge in [0.2, 0.25) is 0 Å². The van der Waals surface area contributed by atoms with Gasteiger partial charge in [-0.05, 0) is 32.9 Å². The molecule has 18 heavy (non-hydrogen) atoms. The Hall–Kier alpha value is -1.01. The van der Waals surface area contributed by atoms with E-state index in [1.54, 1.807) is 20.8 Å². The molecule has 0 aromatic heterocycles. The monoisotopic (exact) mass is 277 g/mol. The van der Waals surface area contributed by atoms with Crippen LogP contribution in [0.4, 0.5) is 13.2 Å². The Bertz CT molecular complexity index is 443. The highest BCUT2D eigenvalue weighted by Gasteiger charge is 2.30. The van der Waals surface area contributed by atoms with Crippen LogP contribution in [0.2, 0.25) is 0 Å². The van der Waals surface area contributed by atoms with Gasteiger partial charge in [-0.25, -0.2) is 13.2 Å². The van der Waals surface area contributed by atoms with Crippen molar-refractivity contribution in [2.45, 2.75) is 31.9 Å². The maximum atomic E-state index is 13.4. The molecule has 0 aliphatic heterocycles. The number of benzene rings is 1. The minimum atomic E-state index is -2.98. The predicted molar refractivity (Wildman–Crippen MR) is 66.8 cm³/mol. The summed E-state index contributed by atoms with van der Waals surface area (Å²) in [5.74, 6) is -0.803. The molecule has 1 aromatic rings. The van der Waals surface area contributed by atoms with Gasteiger partial charge in [0, 0.05) is 5.56 Å². The summed E-state index contributed by atoms with van der Waals surface area (Å²) < 4.78 is 53.6. The second kappa shape index (κ2) is 5.75. The standard InChI is InChI=1S/C12H14F3NOS/c1-12(2,3)18(17)16-10(11(14)15)8-6-4-5-7-9(8)13/h4-7,11H,1-3H3/t18-/m0/s1. The van der Waals surface area contributed by atoms with E-state index in [1.165, 1.54) is 18.2 Å². The maximum Gasteiger partial charge on any atom is 0.285 e. The number of hydrogen-bond acceptors (Lipinski definition) is 2. The highest BCUT2D eigenvalue weighted by Crippen LogP contribution is 2.21. The fourth-order valence-corrected chi connectivity index (χ4v) is 1.73. The molecule has 1 atom stereocenters. The van der Waals surface area contributed by atoms with Gasteiger partial charge in [-0.15, -0.1) is 0 Å². The van der Waals surface area contributed by atoms with E-state index >= 15 is 0 Å². The second-order valence-electron chi connectivity index (χ2n) is 4.62. The van der Waals surface area contributed by atoms with Crippen LogP contribution in [0.5, 0.6) is 0 Å². The average Bonchev–Trinajstić information content (AvgIpc) is 2.25.